The molecule has 2 aromatic carbocycles. The van der Waals surface area contributed by atoms with E-state index in [2.05, 4.69) is 0 Å². The summed E-state index contributed by atoms with van der Waals surface area (Å²) in [5.41, 5.74) is -0.304. The van der Waals surface area contributed by atoms with E-state index >= 15 is 0 Å². The first-order valence-corrected chi connectivity index (χ1v) is 6.53. The maximum atomic E-state index is 12.4. The Bertz CT molecular complexity index is 719. The maximum absolute atomic E-state index is 12.4. The third kappa shape index (κ3) is 3.89. The molecule has 0 amide bonds. The number of carbonyl (C=O) groups is 1. The molecule has 0 fully saturated rings. The number of carbonyl (C=O) groups excluding carboxylic acids is 1. The highest BCUT2D eigenvalue weighted by Crippen LogP contribution is 2.29. The maximum Gasteiger partial charge on any atom is 0.416 e. The fourth-order valence-electron chi connectivity index (χ4n) is 1.75. The van der Waals surface area contributed by atoms with Gasteiger partial charge in [-0.05, 0) is 42.0 Å². The Balaban J connectivity index is 2.18. The van der Waals surface area contributed by atoms with E-state index in [9.17, 15) is 23.1 Å². The average molecular weight is 327 g/mol. The van der Waals surface area contributed by atoms with Gasteiger partial charge in [0.25, 0.3) is 0 Å². The summed E-state index contributed by atoms with van der Waals surface area (Å²) in [4.78, 5) is 11.9. The van der Waals surface area contributed by atoms with Crippen LogP contribution in [0.25, 0.3) is 6.08 Å². The molecule has 0 atom stereocenters. The summed E-state index contributed by atoms with van der Waals surface area (Å²) >= 11 is 5.74. The van der Waals surface area contributed by atoms with Gasteiger partial charge in [0.15, 0.2) is 5.78 Å². The van der Waals surface area contributed by atoms with Crippen molar-refractivity contribution >= 4 is 23.5 Å². The van der Waals surface area contributed by atoms with Crippen LogP contribution in [-0.2, 0) is 6.18 Å². The van der Waals surface area contributed by atoms with Crippen LogP contribution in [0.2, 0.25) is 5.02 Å². The molecule has 6 heteroatoms. The predicted octanol–water partition coefficient (Wildman–Crippen LogP) is 4.96. The van der Waals surface area contributed by atoms with Gasteiger partial charge in [-0.1, -0.05) is 29.8 Å². The second-order valence-electron chi connectivity index (χ2n) is 4.48. The van der Waals surface area contributed by atoms with Gasteiger partial charge in [0.2, 0.25) is 0 Å². The molecule has 0 heterocycles. The lowest BCUT2D eigenvalue weighted by Crippen LogP contribution is -2.04. The van der Waals surface area contributed by atoms with Crippen molar-refractivity contribution in [3.05, 3.63) is 70.3 Å². The molecule has 0 aromatic heterocycles. The fourth-order valence-corrected chi connectivity index (χ4v) is 1.92. The van der Waals surface area contributed by atoms with Gasteiger partial charge in [-0.15, -0.1) is 0 Å². The van der Waals surface area contributed by atoms with Gasteiger partial charge in [0.05, 0.1) is 11.1 Å². The number of alkyl halides is 3. The van der Waals surface area contributed by atoms with Crippen molar-refractivity contribution in [1.29, 1.82) is 0 Å². The first-order chi connectivity index (χ1) is 10.3. The van der Waals surface area contributed by atoms with Crippen LogP contribution in [0.4, 0.5) is 13.2 Å². The lowest BCUT2D eigenvalue weighted by Gasteiger charge is -2.06. The topological polar surface area (TPSA) is 37.3 Å². The zero-order valence-corrected chi connectivity index (χ0v) is 11.8. The molecule has 22 heavy (non-hydrogen) atoms. The molecule has 1 N–H and O–H groups in total. The monoisotopic (exact) mass is 326 g/mol. The number of benzene rings is 2. The van der Waals surface area contributed by atoms with Gasteiger partial charge in [0.1, 0.15) is 5.75 Å². The standard InChI is InChI=1S/C16H10ClF3O2/c17-12-6-8-15(22)13(9-12)14(21)7-3-10-1-4-11(5-2-10)16(18,19)20/h1-9,22H/b7-3+. The van der Waals surface area contributed by atoms with Crippen LogP contribution in [0.1, 0.15) is 21.5 Å². The largest absolute Gasteiger partial charge is 0.507 e. The van der Waals surface area contributed by atoms with Crippen LogP contribution in [0.5, 0.6) is 5.75 Å². The third-order valence-corrected chi connectivity index (χ3v) is 3.12. The van der Waals surface area contributed by atoms with Crippen molar-refractivity contribution in [2.24, 2.45) is 0 Å². The van der Waals surface area contributed by atoms with Gasteiger partial charge in [-0.2, -0.15) is 13.2 Å². The van der Waals surface area contributed by atoms with E-state index in [0.29, 0.717) is 10.6 Å². The summed E-state index contributed by atoms with van der Waals surface area (Å²) in [7, 11) is 0. The van der Waals surface area contributed by atoms with Crippen LogP contribution < -0.4 is 0 Å². The van der Waals surface area contributed by atoms with E-state index in [1.54, 1.807) is 0 Å². The van der Waals surface area contributed by atoms with Crippen molar-refractivity contribution in [3.8, 4) is 5.75 Å². The first-order valence-electron chi connectivity index (χ1n) is 6.15. The number of hydrogen-bond donors (Lipinski definition) is 1. The summed E-state index contributed by atoms with van der Waals surface area (Å²) in [6.07, 6.45) is -1.87. The fraction of sp³-hybridized carbons (Fsp3) is 0.0625. The minimum Gasteiger partial charge on any atom is -0.507 e. The number of ketones is 1. The smallest absolute Gasteiger partial charge is 0.416 e. The molecule has 2 nitrogen and oxygen atoms in total. The molecular formula is C16H10ClF3O2. The van der Waals surface area contributed by atoms with Gasteiger partial charge in [-0.3, -0.25) is 4.79 Å². The van der Waals surface area contributed by atoms with Crippen LogP contribution in [-0.4, -0.2) is 10.9 Å². The molecule has 0 aliphatic heterocycles. The number of aromatic hydroxyl groups is 1. The number of phenols is 1. The van der Waals surface area contributed by atoms with Crippen LogP contribution >= 0.6 is 11.6 Å². The highest BCUT2D eigenvalue weighted by molar-refractivity contribution is 6.31. The minimum atomic E-state index is -4.40. The Morgan fingerprint density at radius 3 is 2.32 bits per heavy atom. The zero-order chi connectivity index (χ0) is 16.3. The van der Waals surface area contributed by atoms with Gasteiger partial charge < -0.3 is 5.11 Å². The molecule has 0 bridgehead atoms. The van der Waals surface area contributed by atoms with Crippen LogP contribution in [0.15, 0.2) is 48.5 Å². The Labute approximate surface area is 129 Å². The summed E-state index contributed by atoms with van der Waals surface area (Å²) < 4.78 is 37.3. The van der Waals surface area contributed by atoms with E-state index in [-0.39, 0.29) is 11.3 Å². The van der Waals surface area contributed by atoms with Crippen LogP contribution in [0.3, 0.4) is 0 Å². The molecule has 114 valence electrons. The quantitative estimate of drug-likeness (QED) is 0.639. The van der Waals surface area contributed by atoms with Gasteiger partial charge >= 0.3 is 6.18 Å². The Morgan fingerprint density at radius 1 is 1.09 bits per heavy atom. The lowest BCUT2D eigenvalue weighted by molar-refractivity contribution is -0.137. The number of rotatable bonds is 3. The molecular weight excluding hydrogens is 317 g/mol. The predicted molar refractivity (Wildman–Crippen MR) is 77.9 cm³/mol. The van der Waals surface area contributed by atoms with E-state index in [1.807, 2.05) is 0 Å². The van der Waals surface area contributed by atoms with E-state index in [4.69, 9.17) is 11.6 Å². The average Bonchev–Trinajstić information content (AvgIpc) is 2.47. The number of phenolic OH excluding ortho intramolecular Hbond substituents is 1. The Hall–Kier alpha value is -2.27. The molecule has 0 unspecified atom stereocenters. The normalized spacial score (nSPS) is 11.8. The number of allylic oxidation sites excluding steroid dienone is 1. The van der Waals surface area contributed by atoms with Crippen molar-refractivity contribution in [1.82, 2.24) is 0 Å². The molecule has 0 saturated heterocycles. The highest BCUT2D eigenvalue weighted by Gasteiger charge is 2.29. The summed E-state index contributed by atoms with van der Waals surface area (Å²) in [5, 5.41) is 9.89. The molecule has 0 radical (unpaired) electrons. The summed E-state index contributed by atoms with van der Waals surface area (Å²) in [6, 6.07) is 8.42. The molecule has 0 saturated carbocycles. The molecule has 0 aliphatic rings. The van der Waals surface area contributed by atoms with E-state index in [0.717, 1.165) is 18.2 Å². The number of hydrogen-bond acceptors (Lipinski definition) is 2. The van der Waals surface area contributed by atoms with Gasteiger partial charge in [0, 0.05) is 5.02 Å². The SMILES string of the molecule is O=C(/C=C/c1ccc(C(F)(F)F)cc1)c1cc(Cl)ccc1O. The van der Waals surface area contributed by atoms with Crippen molar-refractivity contribution in [2.75, 3.05) is 0 Å². The molecule has 2 rings (SSSR count). The second kappa shape index (κ2) is 6.23. The first kappa shape index (κ1) is 16.1. The molecule has 0 spiro atoms. The number of halogens is 4. The summed E-state index contributed by atoms with van der Waals surface area (Å²) in [6.45, 7) is 0. The molecule has 2 aromatic rings. The van der Waals surface area contributed by atoms with Crippen molar-refractivity contribution < 1.29 is 23.1 Å². The van der Waals surface area contributed by atoms with Gasteiger partial charge in [-0.25, -0.2) is 0 Å². The van der Waals surface area contributed by atoms with Crippen molar-refractivity contribution in [2.45, 2.75) is 6.18 Å². The summed E-state index contributed by atoms with van der Waals surface area (Å²) in [5.74, 6) is -0.716. The minimum absolute atomic E-state index is 0.0238. The highest BCUT2D eigenvalue weighted by atomic mass is 35.5. The van der Waals surface area contributed by atoms with Crippen molar-refractivity contribution in [3.63, 3.8) is 0 Å². The lowest BCUT2D eigenvalue weighted by atomic mass is 10.1. The van der Waals surface area contributed by atoms with Crippen LogP contribution in [0, 0.1) is 0 Å². The second-order valence-corrected chi connectivity index (χ2v) is 4.92. The third-order valence-electron chi connectivity index (χ3n) is 2.89. The molecule has 0 aliphatic carbocycles. The Morgan fingerprint density at radius 2 is 1.73 bits per heavy atom. The zero-order valence-electron chi connectivity index (χ0n) is 11.1. The Kier molecular flexibility index (Phi) is 4.56. The van der Waals surface area contributed by atoms with E-state index < -0.39 is 17.5 Å². The van der Waals surface area contributed by atoms with E-state index in [1.165, 1.54) is 36.4 Å².